The quantitative estimate of drug-likeness (QED) is 0.515. The molecule has 0 saturated carbocycles. The lowest BCUT2D eigenvalue weighted by Crippen LogP contribution is -2.55. The molecular weight excluding hydrogens is 191 g/mol. The summed E-state index contributed by atoms with van der Waals surface area (Å²) in [6.07, 6.45) is -5.16. The Kier molecular flexibility index (Phi) is 4.15. The Morgan fingerprint density at radius 1 is 1.54 bits per heavy atom. The molecule has 0 aromatic heterocycles. The predicted octanol–water partition coefficient (Wildman–Crippen LogP) is -0.0277. The molecule has 0 aliphatic carbocycles. The first-order chi connectivity index (χ1) is 5.75. The maximum absolute atomic E-state index is 10.6. The molecule has 0 spiro atoms. The third-order valence-electron chi connectivity index (χ3n) is 1.47. The van der Waals surface area contributed by atoms with Gasteiger partial charge in [-0.2, -0.15) is 13.2 Å². The van der Waals surface area contributed by atoms with Crippen LogP contribution in [0, 0.1) is 0 Å². The molecule has 1 aliphatic heterocycles. The van der Waals surface area contributed by atoms with E-state index in [4.69, 9.17) is 15.0 Å². The second kappa shape index (κ2) is 4.43. The van der Waals surface area contributed by atoms with Gasteiger partial charge in [0.1, 0.15) is 0 Å². The van der Waals surface area contributed by atoms with E-state index >= 15 is 0 Å². The van der Waals surface area contributed by atoms with Crippen molar-refractivity contribution in [1.29, 1.82) is 0 Å². The Bertz CT molecular complexity index is 174. The van der Waals surface area contributed by atoms with Gasteiger partial charge >= 0.3 is 12.1 Å². The molecule has 7 heteroatoms. The molecule has 0 bridgehead atoms. The summed E-state index contributed by atoms with van der Waals surface area (Å²) in [7, 11) is 0. The molecular formula is C6H10F3NO3. The van der Waals surface area contributed by atoms with E-state index in [2.05, 4.69) is 5.32 Å². The molecule has 0 radical (unpaired) electrons. The van der Waals surface area contributed by atoms with E-state index in [1.807, 2.05) is 6.92 Å². The lowest BCUT2D eigenvalue weighted by molar-refractivity contribution is -0.192. The Labute approximate surface area is 72.4 Å². The zero-order valence-corrected chi connectivity index (χ0v) is 6.80. The van der Waals surface area contributed by atoms with Crippen molar-refractivity contribution in [2.45, 2.75) is 25.2 Å². The Morgan fingerprint density at radius 3 is 1.85 bits per heavy atom. The van der Waals surface area contributed by atoms with E-state index in [1.165, 1.54) is 0 Å². The minimum atomic E-state index is -5.08. The number of aliphatic carboxylic acids is 1. The van der Waals surface area contributed by atoms with Crippen LogP contribution in [0.4, 0.5) is 13.2 Å². The highest BCUT2D eigenvalue weighted by molar-refractivity contribution is 5.73. The fraction of sp³-hybridized carbons (Fsp3) is 0.833. The number of hydrogen-bond donors (Lipinski definition) is 3. The largest absolute Gasteiger partial charge is 0.490 e. The molecule has 0 aromatic rings. The van der Waals surface area contributed by atoms with Crippen molar-refractivity contribution >= 4 is 5.97 Å². The fourth-order valence-corrected chi connectivity index (χ4v) is 0.459. The maximum atomic E-state index is 10.6. The Hall–Kier alpha value is -0.820. The smallest absolute Gasteiger partial charge is 0.475 e. The van der Waals surface area contributed by atoms with E-state index in [-0.39, 0.29) is 6.10 Å². The molecule has 0 unspecified atom stereocenters. The number of nitrogens with one attached hydrogen (secondary N) is 1. The van der Waals surface area contributed by atoms with Crippen LogP contribution in [-0.4, -0.2) is 41.0 Å². The summed E-state index contributed by atoms with van der Waals surface area (Å²) in [6, 6.07) is 0.338. The molecule has 3 N–H and O–H groups in total. The van der Waals surface area contributed by atoms with Crippen molar-refractivity contribution in [1.82, 2.24) is 5.32 Å². The number of aliphatic hydroxyl groups excluding tert-OH is 1. The highest BCUT2D eigenvalue weighted by atomic mass is 19.4. The average molecular weight is 201 g/mol. The first-order valence-corrected chi connectivity index (χ1v) is 3.46. The van der Waals surface area contributed by atoms with Gasteiger partial charge in [0.2, 0.25) is 0 Å². The molecule has 1 heterocycles. The Balaban J connectivity index is 0.000000223. The minimum Gasteiger partial charge on any atom is -0.475 e. The maximum Gasteiger partial charge on any atom is 0.490 e. The standard InChI is InChI=1S/C4H9NO.C2HF3O2/c1-3-4(6)2-5-3;3-2(4,5)1(6)7/h3-6H,2H2,1H3;(H,6,7)/t3-,4+;/m1./s1. The normalized spacial score (nSPS) is 26.8. The monoisotopic (exact) mass is 201 g/mol. The van der Waals surface area contributed by atoms with Crippen LogP contribution in [-0.2, 0) is 4.79 Å². The van der Waals surface area contributed by atoms with Gasteiger partial charge in [-0.05, 0) is 6.92 Å². The van der Waals surface area contributed by atoms with Crippen LogP contribution in [0.1, 0.15) is 6.92 Å². The van der Waals surface area contributed by atoms with Gasteiger partial charge in [0, 0.05) is 12.6 Å². The lowest BCUT2D eigenvalue weighted by Gasteiger charge is -2.30. The molecule has 4 nitrogen and oxygen atoms in total. The first kappa shape index (κ1) is 12.2. The van der Waals surface area contributed by atoms with Crippen LogP contribution in [0.15, 0.2) is 0 Å². The van der Waals surface area contributed by atoms with E-state index in [1.54, 1.807) is 0 Å². The molecule has 13 heavy (non-hydrogen) atoms. The summed E-state index contributed by atoms with van der Waals surface area (Å²) in [5, 5.41) is 18.8. The van der Waals surface area contributed by atoms with Gasteiger partial charge in [0.15, 0.2) is 0 Å². The third kappa shape index (κ3) is 4.69. The highest BCUT2D eigenvalue weighted by Crippen LogP contribution is 2.13. The second-order valence-corrected chi connectivity index (χ2v) is 2.57. The van der Waals surface area contributed by atoms with Crippen molar-refractivity contribution in [3.05, 3.63) is 0 Å². The van der Waals surface area contributed by atoms with Gasteiger partial charge in [-0.3, -0.25) is 0 Å². The summed E-state index contributed by atoms with van der Waals surface area (Å²) in [6.45, 7) is 2.75. The summed E-state index contributed by atoms with van der Waals surface area (Å²) in [5.74, 6) is -2.76. The number of carbonyl (C=O) groups is 1. The number of β-amino-alcohol motifs (C(OH)–C–C–N with tert-alkyl or cyclic N) is 1. The van der Waals surface area contributed by atoms with Gasteiger partial charge in [-0.25, -0.2) is 4.79 Å². The second-order valence-electron chi connectivity index (χ2n) is 2.57. The number of rotatable bonds is 0. The molecule has 1 rings (SSSR count). The molecule has 1 aliphatic rings. The van der Waals surface area contributed by atoms with Gasteiger partial charge < -0.3 is 15.5 Å². The molecule has 0 amide bonds. The highest BCUT2D eigenvalue weighted by Gasteiger charge is 2.38. The third-order valence-corrected chi connectivity index (χ3v) is 1.47. The number of alkyl halides is 3. The summed E-state index contributed by atoms with van der Waals surface area (Å²) < 4.78 is 31.7. The zero-order chi connectivity index (χ0) is 10.6. The van der Waals surface area contributed by atoms with Crippen LogP contribution in [0.2, 0.25) is 0 Å². The number of carboxylic acid groups (broad SMARTS) is 1. The van der Waals surface area contributed by atoms with Gasteiger partial charge in [-0.15, -0.1) is 0 Å². The van der Waals surface area contributed by atoms with E-state index in [0.717, 1.165) is 6.54 Å². The molecule has 1 saturated heterocycles. The van der Waals surface area contributed by atoms with Crippen LogP contribution in [0.5, 0.6) is 0 Å². The average Bonchev–Trinajstić information content (AvgIpc) is 2.00. The molecule has 2 atom stereocenters. The van der Waals surface area contributed by atoms with E-state index < -0.39 is 12.1 Å². The van der Waals surface area contributed by atoms with Crippen LogP contribution in [0.25, 0.3) is 0 Å². The van der Waals surface area contributed by atoms with Gasteiger partial charge in [0.25, 0.3) is 0 Å². The molecule has 78 valence electrons. The summed E-state index contributed by atoms with van der Waals surface area (Å²) >= 11 is 0. The summed E-state index contributed by atoms with van der Waals surface area (Å²) in [4.78, 5) is 8.90. The first-order valence-electron chi connectivity index (χ1n) is 3.46. The Morgan fingerprint density at radius 2 is 1.85 bits per heavy atom. The van der Waals surface area contributed by atoms with Crippen molar-refractivity contribution in [2.75, 3.05) is 6.54 Å². The number of hydrogen-bond acceptors (Lipinski definition) is 3. The lowest BCUT2D eigenvalue weighted by atomic mass is 10.1. The molecule has 0 aromatic carbocycles. The van der Waals surface area contributed by atoms with Gasteiger partial charge in [0.05, 0.1) is 6.10 Å². The minimum absolute atomic E-state index is 0.0787. The van der Waals surface area contributed by atoms with Gasteiger partial charge in [-0.1, -0.05) is 0 Å². The van der Waals surface area contributed by atoms with E-state index in [0.29, 0.717) is 6.04 Å². The SMILES string of the molecule is C[C@H]1NC[C@@H]1O.O=C(O)C(F)(F)F. The van der Waals surface area contributed by atoms with Crippen molar-refractivity contribution in [3.8, 4) is 0 Å². The summed E-state index contributed by atoms with van der Waals surface area (Å²) in [5.41, 5.74) is 0. The predicted molar refractivity (Wildman–Crippen MR) is 37.2 cm³/mol. The number of halogens is 3. The molecule has 1 fully saturated rings. The number of carboxylic acids is 1. The topological polar surface area (TPSA) is 69.6 Å². The van der Waals surface area contributed by atoms with Crippen LogP contribution < -0.4 is 5.32 Å². The van der Waals surface area contributed by atoms with Crippen molar-refractivity contribution in [2.24, 2.45) is 0 Å². The van der Waals surface area contributed by atoms with Crippen molar-refractivity contribution in [3.63, 3.8) is 0 Å². The fourth-order valence-electron chi connectivity index (χ4n) is 0.459. The van der Waals surface area contributed by atoms with E-state index in [9.17, 15) is 13.2 Å². The van der Waals surface area contributed by atoms with Crippen LogP contribution >= 0.6 is 0 Å². The number of aliphatic hydroxyl groups is 1. The van der Waals surface area contributed by atoms with Crippen LogP contribution in [0.3, 0.4) is 0 Å². The zero-order valence-electron chi connectivity index (χ0n) is 6.80. The van der Waals surface area contributed by atoms with Crippen molar-refractivity contribution < 1.29 is 28.2 Å².